The molecule has 1 aromatic heterocycles. The topological polar surface area (TPSA) is 253 Å². The van der Waals surface area contributed by atoms with Crippen LogP contribution in [0.5, 0.6) is 0 Å². The van der Waals surface area contributed by atoms with Gasteiger partial charge in [-0.25, -0.2) is 4.79 Å². The van der Waals surface area contributed by atoms with Crippen LogP contribution in [-0.4, -0.2) is 139 Å². The summed E-state index contributed by atoms with van der Waals surface area (Å²) >= 11 is 0. The Kier molecular flexibility index (Phi) is 10.5. The van der Waals surface area contributed by atoms with Gasteiger partial charge in [0.15, 0.2) is 12.6 Å². The fraction of sp³-hybridized carbons (Fsp3) is 0.594. The summed E-state index contributed by atoms with van der Waals surface area (Å²) in [6, 6.07) is 7.70. The van der Waals surface area contributed by atoms with Crippen LogP contribution in [0.15, 0.2) is 48.8 Å². The molecule has 14 atom stereocenters. The number of H-pyrrole nitrogens is 1. The van der Waals surface area contributed by atoms with Crippen LogP contribution in [0.2, 0.25) is 0 Å². The first kappa shape index (κ1) is 34.9. The monoisotopic (exact) mass is 678 g/mol. The zero-order valence-electron chi connectivity index (χ0n) is 25.8. The number of aromatic nitrogens is 1. The van der Waals surface area contributed by atoms with E-state index in [1.165, 1.54) is 6.08 Å². The fourth-order valence-corrected chi connectivity index (χ4v) is 7.02. The molecule has 1 unspecified atom stereocenters. The number of aliphatic hydroxyl groups excluding tert-OH is 7. The minimum atomic E-state index is -1.79. The molecule has 4 aliphatic heterocycles. The van der Waals surface area contributed by atoms with Crippen LogP contribution in [0.4, 0.5) is 0 Å². The molecule has 264 valence electrons. The van der Waals surface area contributed by atoms with Crippen molar-refractivity contribution < 1.29 is 69.3 Å². The molecule has 16 nitrogen and oxygen atoms in total. The third kappa shape index (κ3) is 6.51. The van der Waals surface area contributed by atoms with E-state index in [0.29, 0.717) is 13.0 Å². The van der Waals surface area contributed by atoms with Crippen molar-refractivity contribution >= 4 is 16.9 Å². The van der Waals surface area contributed by atoms with E-state index < -0.39 is 98.7 Å². The van der Waals surface area contributed by atoms with Gasteiger partial charge in [-0.05, 0) is 31.0 Å². The van der Waals surface area contributed by atoms with E-state index in [2.05, 4.69) is 16.9 Å². The van der Waals surface area contributed by atoms with Crippen molar-refractivity contribution in [2.75, 3.05) is 19.8 Å². The first-order valence-electron chi connectivity index (χ1n) is 15.9. The molecular formula is C32H42N2O14. The van der Waals surface area contributed by atoms with E-state index in [4.69, 9.17) is 23.7 Å². The van der Waals surface area contributed by atoms with Crippen molar-refractivity contribution in [3.63, 3.8) is 0 Å². The lowest BCUT2D eigenvalue weighted by molar-refractivity contribution is -0.352. The molecule has 2 saturated heterocycles. The summed E-state index contributed by atoms with van der Waals surface area (Å²) in [5, 5.41) is 86.6. The molecule has 1 aromatic carbocycles. The molecule has 2 fully saturated rings. The Morgan fingerprint density at radius 2 is 1.62 bits per heavy atom. The Bertz CT molecular complexity index is 1480. The number of fused-ring (bicyclic) bond motifs is 3. The number of aromatic amines is 1. The van der Waals surface area contributed by atoms with Crippen molar-refractivity contribution in [3.8, 4) is 0 Å². The molecule has 4 aliphatic rings. The van der Waals surface area contributed by atoms with E-state index in [1.807, 2.05) is 24.3 Å². The van der Waals surface area contributed by atoms with Gasteiger partial charge in [-0.15, -0.1) is 6.58 Å². The molecule has 5 heterocycles. The van der Waals surface area contributed by atoms with Crippen LogP contribution in [0.3, 0.4) is 0 Å². The number of benzene rings is 1. The maximum atomic E-state index is 12.4. The number of carboxylic acid groups (broad SMARTS) is 1. The standard InChI is InChI=1S/C32H42N2O14/c1-2-13-16(9-19-22-15(7-8-33-19)14-5-3-4-6-18(14)34-22)17(29(42)43)11-44-30(13)48-32-28(41)26(39)24(37)21(47-32)12-45-31-27(40)25(38)23(36)20(10-35)46-31/h2-6,11,13,16,19-21,23-28,30-41H,1,7-10,12H2,(H,42,43)/t13-,16+,19?,20-,21-,23-,24-,25+,26+,27-,28-,30+,31+,32+/m1/s1. The maximum Gasteiger partial charge on any atom is 0.334 e. The SMILES string of the molecule is C=C[C@H]1[C@H](O[C@@H]2O[C@H](CO[C@H]3O[C@H](CO)[C@@H](O)[C@H](O)[C@H]3O)[C@@H](O)[C@H](O)[C@H]2O)OC=C(C(=O)O)[C@H]1CC1NCCc2c1[nH]c1ccccc21. The number of nitrogens with one attached hydrogen (secondary N) is 2. The lowest BCUT2D eigenvalue weighted by atomic mass is 9.78. The number of rotatable bonds is 10. The van der Waals surface area contributed by atoms with Crippen molar-refractivity contribution in [3.05, 3.63) is 60.0 Å². The van der Waals surface area contributed by atoms with Gasteiger partial charge in [0, 0.05) is 34.5 Å². The van der Waals surface area contributed by atoms with Gasteiger partial charge in [-0.1, -0.05) is 24.3 Å². The zero-order valence-corrected chi connectivity index (χ0v) is 25.8. The number of aliphatic hydroxyl groups is 7. The van der Waals surface area contributed by atoms with Crippen LogP contribution in [0.25, 0.3) is 10.9 Å². The molecule has 0 saturated carbocycles. The van der Waals surface area contributed by atoms with E-state index in [0.717, 1.165) is 34.8 Å². The van der Waals surface area contributed by atoms with E-state index in [-0.39, 0.29) is 11.6 Å². The first-order valence-corrected chi connectivity index (χ1v) is 15.9. The Hall–Kier alpha value is -2.97. The molecule has 0 aliphatic carbocycles. The van der Waals surface area contributed by atoms with Crippen molar-refractivity contribution in [1.82, 2.24) is 10.3 Å². The van der Waals surface area contributed by atoms with Gasteiger partial charge >= 0.3 is 5.97 Å². The quantitative estimate of drug-likeness (QED) is 0.124. The van der Waals surface area contributed by atoms with Crippen LogP contribution in [-0.2, 0) is 34.9 Å². The second-order valence-electron chi connectivity index (χ2n) is 12.5. The molecule has 0 radical (unpaired) electrons. The van der Waals surface area contributed by atoms with Gasteiger partial charge < -0.3 is 74.8 Å². The predicted octanol–water partition coefficient (Wildman–Crippen LogP) is -1.87. The second kappa shape index (κ2) is 14.5. The van der Waals surface area contributed by atoms with Gasteiger partial charge in [0.2, 0.25) is 6.29 Å². The van der Waals surface area contributed by atoms with Gasteiger partial charge in [-0.3, -0.25) is 0 Å². The molecule has 0 spiro atoms. The average Bonchev–Trinajstić information content (AvgIpc) is 3.47. The molecule has 0 amide bonds. The average molecular weight is 679 g/mol. The number of ether oxygens (including phenoxy) is 5. The minimum absolute atomic E-state index is 0.00356. The van der Waals surface area contributed by atoms with Crippen LogP contribution >= 0.6 is 0 Å². The molecule has 10 N–H and O–H groups in total. The van der Waals surface area contributed by atoms with Gasteiger partial charge in [-0.2, -0.15) is 0 Å². The highest BCUT2D eigenvalue weighted by molar-refractivity contribution is 5.87. The Morgan fingerprint density at radius 1 is 0.938 bits per heavy atom. The summed E-state index contributed by atoms with van der Waals surface area (Å²) in [6.45, 7) is 3.36. The number of para-hydroxylation sites is 1. The zero-order chi connectivity index (χ0) is 34.3. The van der Waals surface area contributed by atoms with E-state index in [1.54, 1.807) is 0 Å². The molecule has 2 aromatic rings. The first-order chi connectivity index (χ1) is 23.0. The van der Waals surface area contributed by atoms with E-state index in [9.17, 15) is 45.6 Å². The van der Waals surface area contributed by atoms with Gasteiger partial charge in [0.1, 0.15) is 48.8 Å². The Morgan fingerprint density at radius 3 is 2.33 bits per heavy atom. The van der Waals surface area contributed by atoms with Crippen LogP contribution < -0.4 is 5.32 Å². The molecule has 16 heteroatoms. The highest BCUT2D eigenvalue weighted by Gasteiger charge is 2.50. The van der Waals surface area contributed by atoms with Crippen molar-refractivity contribution in [2.45, 2.75) is 86.6 Å². The van der Waals surface area contributed by atoms with Gasteiger partial charge in [0.05, 0.1) is 25.0 Å². The largest absolute Gasteiger partial charge is 0.478 e. The van der Waals surface area contributed by atoms with Crippen LogP contribution in [0, 0.1) is 11.8 Å². The Labute approximate surface area is 274 Å². The number of carboxylic acids is 1. The highest BCUT2D eigenvalue weighted by Crippen LogP contribution is 2.42. The fourth-order valence-electron chi connectivity index (χ4n) is 7.02. The lowest BCUT2D eigenvalue weighted by Crippen LogP contribution is -2.62. The lowest BCUT2D eigenvalue weighted by Gasteiger charge is -2.44. The second-order valence-corrected chi connectivity index (χ2v) is 12.5. The third-order valence-corrected chi connectivity index (χ3v) is 9.69. The summed E-state index contributed by atoms with van der Waals surface area (Å²) in [6.07, 6.45) is -13.5. The summed E-state index contributed by atoms with van der Waals surface area (Å²) < 4.78 is 28.3. The summed E-state index contributed by atoms with van der Waals surface area (Å²) in [7, 11) is 0. The Balaban J connectivity index is 1.17. The number of hydrogen-bond acceptors (Lipinski definition) is 14. The van der Waals surface area contributed by atoms with Crippen molar-refractivity contribution in [1.29, 1.82) is 0 Å². The number of aliphatic carboxylic acids is 1. The summed E-state index contributed by atoms with van der Waals surface area (Å²) in [5.74, 6) is -2.62. The van der Waals surface area contributed by atoms with Gasteiger partial charge in [0.25, 0.3) is 0 Å². The smallest absolute Gasteiger partial charge is 0.334 e. The summed E-state index contributed by atoms with van der Waals surface area (Å²) in [5.41, 5.74) is 3.10. The minimum Gasteiger partial charge on any atom is -0.478 e. The summed E-state index contributed by atoms with van der Waals surface area (Å²) in [4.78, 5) is 15.8. The van der Waals surface area contributed by atoms with E-state index >= 15 is 0 Å². The normalized spacial score (nSPS) is 40.1. The molecule has 0 bridgehead atoms. The third-order valence-electron chi connectivity index (χ3n) is 9.69. The molecular weight excluding hydrogens is 636 g/mol. The van der Waals surface area contributed by atoms with Crippen molar-refractivity contribution in [2.24, 2.45) is 11.8 Å². The highest BCUT2D eigenvalue weighted by atomic mass is 16.8. The number of carbonyl (C=O) groups is 1. The maximum absolute atomic E-state index is 12.4. The van der Waals surface area contributed by atoms with Crippen LogP contribution in [0.1, 0.15) is 23.7 Å². The predicted molar refractivity (Wildman–Crippen MR) is 163 cm³/mol. The number of hydrogen-bond donors (Lipinski definition) is 10. The molecule has 48 heavy (non-hydrogen) atoms. The molecule has 6 rings (SSSR count).